The van der Waals surface area contributed by atoms with Gasteiger partial charge in [0.05, 0.1) is 38.8 Å². The maximum atomic E-state index is 2.50. The molecule has 0 amide bonds. The largest absolute Gasteiger partial charge is 0.309 e. The summed E-state index contributed by atoms with van der Waals surface area (Å²) in [5.41, 5.74) is 10.7. The highest BCUT2D eigenvalue weighted by Gasteiger charge is 2.23. The van der Waals surface area contributed by atoms with E-state index in [4.69, 9.17) is 0 Å². The van der Waals surface area contributed by atoms with Gasteiger partial charge < -0.3 is 13.7 Å². The van der Waals surface area contributed by atoms with Crippen LogP contribution in [0.3, 0.4) is 0 Å². The molecule has 0 atom stereocenters. The Morgan fingerprint density at radius 2 is 0.857 bits per heavy atom. The highest BCUT2D eigenvalue weighted by atomic mass is 15.1. The fourth-order valence-electron chi connectivity index (χ4n) is 8.38. The van der Waals surface area contributed by atoms with Gasteiger partial charge in [0.2, 0.25) is 0 Å². The molecule has 11 rings (SSSR count). The number of rotatable bonds is 3. The zero-order valence-corrected chi connectivity index (χ0v) is 26.6. The summed E-state index contributed by atoms with van der Waals surface area (Å²) >= 11 is 0. The van der Waals surface area contributed by atoms with E-state index in [1.165, 1.54) is 76.2 Å². The molecule has 0 saturated carbocycles. The molecule has 3 heteroatoms. The average Bonchev–Trinajstić information content (AvgIpc) is 3.81. The van der Waals surface area contributed by atoms with Crippen LogP contribution in [0.15, 0.2) is 176 Å². The van der Waals surface area contributed by atoms with Crippen LogP contribution in [0.2, 0.25) is 0 Å². The molecular weight excluding hydrogens is 595 g/mol. The van der Waals surface area contributed by atoms with Crippen molar-refractivity contribution in [3.05, 3.63) is 176 Å². The van der Waals surface area contributed by atoms with E-state index in [1.54, 1.807) is 0 Å². The molecule has 3 heterocycles. The van der Waals surface area contributed by atoms with Gasteiger partial charge in [0.25, 0.3) is 0 Å². The van der Waals surface area contributed by atoms with Crippen molar-refractivity contribution in [1.29, 1.82) is 0 Å². The minimum absolute atomic E-state index is 1.16. The zero-order valence-electron chi connectivity index (χ0n) is 26.6. The van der Waals surface area contributed by atoms with E-state index < -0.39 is 0 Å². The van der Waals surface area contributed by atoms with E-state index in [0.29, 0.717) is 0 Å². The lowest BCUT2D eigenvalue weighted by Crippen LogP contribution is -2.00. The normalized spacial score (nSPS) is 12.1. The van der Waals surface area contributed by atoms with Gasteiger partial charge in [-0.1, -0.05) is 121 Å². The number of benzene rings is 8. The third kappa shape index (κ3) is 3.62. The molecule has 0 bridgehead atoms. The first-order valence-corrected chi connectivity index (χ1v) is 16.9. The fraction of sp³-hybridized carbons (Fsp3) is 0. The van der Waals surface area contributed by atoms with Gasteiger partial charge in [0, 0.05) is 43.7 Å². The predicted molar refractivity (Wildman–Crippen MR) is 207 cm³/mol. The number of para-hydroxylation sites is 5. The first kappa shape index (κ1) is 26.5. The summed E-state index contributed by atoms with van der Waals surface area (Å²) in [6, 6.07) is 64.2. The van der Waals surface area contributed by atoms with Crippen molar-refractivity contribution in [2.75, 3.05) is 0 Å². The summed E-state index contributed by atoms with van der Waals surface area (Å²) in [5.74, 6) is 0. The number of hydrogen-bond donors (Lipinski definition) is 0. The SMILES string of the molecule is c1ccc(-n2c3ccccc3c3ccc4c(c5ccccc5n4-c4cccc5c6ccccc6n(-c6ccc7ccccc7c6)c45)c32)cc1. The quantitative estimate of drug-likeness (QED) is 0.186. The molecule has 0 saturated heterocycles. The molecule has 0 aliphatic rings. The van der Waals surface area contributed by atoms with Crippen LogP contribution < -0.4 is 0 Å². The molecule has 0 aliphatic carbocycles. The summed E-state index contributed by atoms with van der Waals surface area (Å²) in [4.78, 5) is 0. The predicted octanol–water partition coefficient (Wildman–Crippen LogP) is 12.1. The van der Waals surface area contributed by atoms with Crippen LogP contribution in [-0.4, -0.2) is 13.7 Å². The molecule has 0 fully saturated rings. The van der Waals surface area contributed by atoms with Crippen molar-refractivity contribution in [2.45, 2.75) is 0 Å². The van der Waals surface area contributed by atoms with Crippen LogP contribution in [-0.2, 0) is 0 Å². The van der Waals surface area contributed by atoms with Crippen LogP contribution in [0, 0.1) is 0 Å². The highest BCUT2D eigenvalue weighted by molar-refractivity contribution is 6.26. The highest BCUT2D eigenvalue weighted by Crippen LogP contribution is 2.44. The Balaban J connectivity index is 1.32. The van der Waals surface area contributed by atoms with Gasteiger partial charge in [-0.15, -0.1) is 0 Å². The molecule has 3 nitrogen and oxygen atoms in total. The van der Waals surface area contributed by atoms with Crippen molar-refractivity contribution < 1.29 is 0 Å². The van der Waals surface area contributed by atoms with Crippen molar-refractivity contribution in [3.8, 4) is 17.1 Å². The molecule has 8 aromatic carbocycles. The molecule has 49 heavy (non-hydrogen) atoms. The maximum Gasteiger partial charge on any atom is 0.0782 e. The third-order valence-electron chi connectivity index (χ3n) is 10.4. The molecule has 3 aromatic heterocycles. The fourth-order valence-corrected chi connectivity index (χ4v) is 8.38. The van der Waals surface area contributed by atoms with Crippen LogP contribution in [0.4, 0.5) is 0 Å². The lowest BCUT2D eigenvalue weighted by atomic mass is 10.1. The Hall–Kier alpha value is -6.58. The summed E-state index contributed by atoms with van der Waals surface area (Å²) in [6.45, 7) is 0. The molecular formula is C46H29N3. The molecule has 11 aromatic rings. The molecule has 0 aliphatic heterocycles. The minimum Gasteiger partial charge on any atom is -0.309 e. The van der Waals surface area contributed by atoms with Crippen molar-refractivity contribution in [1.82, 2.24) is 13.7 Å². The van der Waals surface area contributed by atoms with Gasteiger partial charge in [0.1, 0.15) is 0 Å². The van der Waals surface area contributed by atoms with Gasteiger partial charge in [-0.2, -0.15) is 0 Å². The van der Waals surface area contributed by atoms with Crippen molar-refractivity contribution in [3.63, 3.8) is 0 Å². The monoisotopic (exact) mass is 623 g/mol. The first-order chi connectivity index (χ1) is 24.3. The Morgan fingerprint density at radius 1 is 0.286 bits per heavy atom. The van der Waals surface area contributed by atoms with E-state index in [1.807, 2.05) is 0 Å². The molecule has 0 radical (unpaired) electrons. The Labute approximate surface area is 282 Å². The van der Waals surface area contributed by atoms with Crippen molar-refractivity contribution in [2.24, 2.45) is 0 Å². The third-order valence-corrected chi connectivity index (χ3v) is 10.4. The summed E-state index contributed by atoms with van der Waals surface area (Å²) < 4.78 is 7.42. The number of aromatic nitrogens is 3. The number of hydrogen-bond acceptors (Lipinski definition) is 0. The van der Waals surface area contributed by atoms with E-state index >= 15 is 0 Å². The van der Waals surface area contributed by atoms with Crippen molar-refractivity contribution >= 4 is 76.2 Å². The van der Waals surface area contributed by atoms with Gasteiger partial charge in [0.15, 0.2) is 0 Å². The zero-order chi connectivity index (χ0) is 32.1. The van der Waals surface area contributed by atoms with Gasteiger partial charge in [-0.3, -0.25) is 0 Å². The topological polar surface area (TPSA) is 14.8 Å². The summed E-state index contributed by atoms with van der Waals surface area (Å²) in [6.07, 6.45) is 0. The second-order valence-electron chi connectivity index (χ2n) is 13.0. The maximum absolute atomic E-state index is 2.50. The molecule has 0 unspecified atom stereocenters. The smallest absolute Gasteiger partial charge is 0.0782 e. The Kier molecular flexibility index (Phi) is 5.38. The van der Waals surface area contributed by atoms with Crippen LogP contribution in [0.5, 0.6) is 0 Å². The Bertz CT molecular complexity index is 3100. The van der Waals surface area contributed by atoms with E-state index in [2.05, 4.69) is 190 Å². The number of fused-ring (bicyclic) bond motifs is 11. The Morgan fingerprint density at radius 3 is 1.61 bits per heavy atom. The van der Waals surface area contributed by atoms with Crippen LogP contribution >= 0.6 is 0 Å². The second kappa shape index (κ2) is 9.96. The second-order valence-corrected chi connectivity index (χ2v) is 13.0. The van der Waals surface area contributed by atoms with Gasteiger partial charge >= 0.3 is 0 Å². The van der Waals surface area contributed by atoms with E-state index in [9.17, 15) is 0 Å². The number of nitrogens with zero attached hydrogens (tertiary/aromatic N) is 3. The van der Waals surface area contributed by atoms with E-state index in [0.717, 1.165) is 17.1 Å². The van der Waals surface area contributed by atoms with Crippen LogP contribution in [0.25, 0.3) is 93.3 Å². The summed E-state index contributed by atoms with van der Waals surface area (Å²) in [5, 5.41) is 10.00. The lowest BCUT2D eigenvalue weighted by molar-refractivity contribution is 1.13. The lowest BCUT2D eigenvalue weighted by Gasteiger charge is -2.15. The molecule has 228 valence electrons. The first-order valence-electron chi connectivity index (χ1n) is 16.9. The van der Waals surface area contributed by atoms with Crippen LogP contribution in [0.1, 0.15) is 0 Å². The molecule has 0 N–H and O–H groups in total. The standard InChI is InChI=1S/C46H29N3/c1-2-15-32(16-3-1)47-39-21-9-7-18-35(39)37-27-28-42-44(46(37)47)38-19-8-11-23-41(38)49(42)43-24-12-20-36-34-17-6-10-22-40(34)48(45(36)43)33-26-25-30-13-4-5-14-31(30)29-33/h1-29H. The average molecular weight is 624 g/mol. The summed E-state index contributed by atoms with van der Waals surface area (Å²) in [7, 11) is 0. The van der Waals surface area contributed by atoms with Gasteiger partial charge in [-0.05, 0) is 65.4 Å². The molecule has 0 spiro atoms. The van der Waals surface area contributed by atoms with E-state index in [-0.39, 0.29) is 0 Å². The van der Waals surface area contributed by atoms with Gasteiger partial charge in [-0.25, -0.2) is 0 Å². The minimum atomic E-state index is 1.16.